The van der Waals surface area contributed by atoms with Crippen LogP contribution in [0.25, 0.3) is 0 Å². The molecule has 37 heavy (non-hydrogen) atoms. The average molecular weight is 517 g/mol. The van der Waals surface area contributed by atoms with Crippen LogP contribution in [0.2, 0.25) is 0 Å². The van der Waals surface area contributed by atoms with Gasteiger partial charge in [-0.3, -0.25) is 24.0 Å². The lowest BCUT2D eigenvalue weighted by Gasteiger charge is -2.32. The van der Waals surface area contributed by atoms with Gasteiger partial charge in [0.1, 0.15) is 30.9 Å². The summed E-state index contributed by atoms with van der Waals surface area (Å²) >= 11 is 0. The maximum Gasteiger partial charge on any atom is 0.313 e. The Labute approximate surface area is 218 Å². The van der Waals surface area contributed by atoms with Gasteiger partial charge in [0, 0.05) is 12.6 Å². The highest BCUT2D eigenvalue weighted by Crippen LogP contribution is 2.26. The highest BCUT2D eigenvalue weighted by atomic mass is 16.5. The van der Waals surface area contributed by atoms with E-state index < -0.39 is 24.1 Å². The SMILES string of the molecule is CCC[C@H](NC(=O)[C@H](C)NC)C(=O)N1[C@@H](C)CC[C@H]1C(=O)NCc1cccc(COC(=O)CC(C)=O)c1. The zero-order chi connectivity index (χ0) is 27.5. The van der Waals surface area contributed by atoms with Gasteiger partial charge in [0.25, 0.3) is 0 Å². The van der Waals surface area contributed by atoms with Crippen LogP contribution < -0.4 is 16.0 Å². The van der Waals surface area contributed by atoms with Gasteiger partial charge in [-0.05, 0) is 58.2 Å². The molecule has 1 aliphatic rings. The molecule has 0 unspecified atom stereocenters. The number of carbonyl (C=O) groups is 5. The molecule has 0 spiro atoms. The quantitative estimate of drug-likeness (QED) is 0.268. The normalized spacial score (nSPS) is 18.6. The van der Waals surface area contributed by atoms with Gasteiger partial charge in [-0.25, -0.2) is 0 Å². The van der Waals surface area contributed by atoms with E-state index in [9.17, 15) is 24.0 Å². The van der Waals surface area contributed by atoms with E-state index >= 15 is 0 Å². The zero-order valence-corrected chi connectivity index (χ0v) is 22.5. The third kappa shape index (κ3) is 8.96. The predicted molar refractivity (Wildman–Crippen MR) is 138 cm³/mol. The van der Waals surface area contributed by atoms with Crippen LogP contribution in [0, 0.1) is 0 Å². The van der Waals surface area contributed by atoms with Gasteiger partial charge in [0.05, 0.1) is 6.04 Å². The van der Waals surface area contributed by atoms with E-state index in [-0.39, 0.29) is 49.1 Å². The van der Waals surface area contributed by atoms with Crippen LogP contribution in [0.5, 0.6) is 0 Å². The Hall–Kier alpha value is -3.27. The molecule has 0 radical (unpaired) electrons. The second-order valence-corrected chi connectivity index (χ2v) is 9.63. The summed E-state index contributed by atoms with van der Waals surface area (Å²) in [6, 6.07) is 5.40. The second kappa shape index (κ2) is 14.5. The number of benzene rings is 1. The van der Waals surface area contributed by atoms with Gasteiger partial charge < -0.3 is 25.6 Å². The molecule has 1 heterocycles. The number of likely N-dealkylation sites (N-methyl/N-ethyl adjacent to an activating group) is 1. The van der Waals surface area contributed by atoms with Crippen LogP contribution in [0.1, 0.15) is 70.9 Å². The van der Waals surface area contributed by atoms with E-state index in [1.165, 1.54) is 6.92 Å². The summed E-state index contributed by atoms with van der Waals surface area (Å²) in [7, 11) is 1.68. The van der Waals surface area contributed by atoms with Gasteiger partial charge in [0.2, 0.25) is 17.7 Å². The number of nitrogens with one attached hydrogen (secondary N) is 3. The molecule has 1 aromatic rings. The third-order valence-electron chi connectivity index (χ3n) is 6.50. The molecule has 1 aliphatic heterocycles. The van der Waals surface area contributed by atoms with Crippen molar-refractivity contribution in [2.24, 2.45) is 0 Å². The lowest BCUT2D eigenvalue weighted by molar-refractivity contribution is -0.147. The van der Waals surface area contributed by atoms with Crippen molar-refractivity contribution >= 4 is 29.5 Å². The Morgan fingerprint density at radius 1 is 1.14 bits per heavy atom. The Morgan fingerprint density at radius 3 is 2.49 bits per heavy atom. The monoisotopic (exact) mass is 516 g/mol. The van der Waals surface area contributed by atoms with Crippen LogP contribution in [-0.2, 0) is 41.9 Å². The second-order valence-electron chi connectivity index (χ2n) is 9.63. The van der Waals surface area contributed by atoms with Crippen molar-refractivity contribution in [2.75, 3.05) is 7.05 Å². The molecule has 204 valence electrons. The fourth-order valence-electron chi connectivity index (χ4n) is 4.32. The summed E-state index contributed by atoms with van der Waals surface area (Å²) in [5, 5.41) is 8.64. The van der Waals surface area contributed by atoms with Gasteiger partial charge in [-0.1, -0.05) is 37.6 Å². The minimum atomic E-state index is -0.688. The van der Waals surface area contributed by atoms with Gasteiger partial charge in [-0.2, -0.15) is 0 Å². The van der Waals surface area contributed by atoms with Crippen LogP contribution in [0.15, 0.2) is 24.3 Å². The summed E-state index contributed by atoms with van der Waals surface area (Å²) in [4.78, 5) is 63.3. The largest absolute Gasteiger partial charge is 0.460 e. The van der Waals surface area contributed by atoms with E-state index in [4.69, 9.17) is 4.74 Å². The number of hydrogen-bond acceptors (Lipinski definition) is 7. The number of hydrogen-bond donors (Lipinski definition) is 3. The topological polar surface area (TPSA) is 134 Å². The Balaban J connectivity index is 2.02. The van der Waals surface area contributed by atoms with E-state index in [0.29, 0.717) is 25.7 Å². The molecule has 0 aliphatic carbocycles. The standard InChI is InChI=1S/C27H40N4O6/c1-6-8-22(30-25(34)19(4)28-5)27(36)31-17(2)11-12-23(31)26(35)29-15-20-9-7-10-21(14-20)16-37-24(33)13-18(3)32/h7,9-10,14,17,19,22-23,28H,6,8,11-13,15-16H2,1-5H3,(H,29,35)(H,30,34)/t17-,19-,22-,23-/m0/s1. The number of ether oxygens (including phenoxy) is 1. The van der Waals surface area contributed by atoms with E-state index in [2.05, 4.69) is 16.0 Å². The zero-order valence-electron chi connectivity index (χ0n) is 22.5. The maximum atomic E-state index is 13.5. The van der Waals surface area contributed by atoms with Crippen molar-refractivity contribution in [3.8, 4) is 0 Å². The highest BCUT2D eigenvalue weighted by Gasteiger charge is 2.41. The molecule has 0 aromatic heterocycles. The molecule has 4 atom stereocenters. The molecule has 10 nitrogen and oxygen atoms in total. The van der Waals surface area contributed by atoms with Crippen molar-refractivity contribution in [1.29, 1.82) is 0 Å². The van der Waals surface area contributed by atoms with Crippen LogP contribution in [0.3, 0.4) is 0 Å². The summed E-state index contributed by atoms with van der Waals surface area (Å²) < 4.78 is 5.12. The molecule has 10 heteroatoms. The van der Waals surface area contributed by atoms with Crippen molar-refractivity contribution < 1.29 is 28.7 Å². The Bertz CT molecular complexity index is 981. The number of Topliss-reactive ketones (excluding diaryl/α,β-unsaturated/α-hetero) is 1. The summed E-state index contributed by atoms with van der Waals surface area (Å²) in [5.41, 5.74) is 1.55. The van der Waals surface area contributed by atoms with Gasteiger partial charge >= 0.3 is 5.97 Å². The van der Waals surface area contributed by atoms with Crippen molar-refractivity contribution in [2.45, 2.75) is 97.1 Å². The first kappa shape index (κ1) is 30.0. The first-order valence-corrected chi connectivity index (χ1v) is 12.9. The minimum absolute atomic E-state index is 0.0347. The number of likely N-dealkylation sites (tertiary alicyclic amines) is 1. The molecule has 3 N–H and O–H groups in total. The lowest BCUT2D eigenvalue weighted by Crippen LogP contribution is -2.56. The summed E-state index contributed by atoms with van der Waals surface area (Å²) in [6.45, 7) is 7.20. The summed E-state index contributed by atoms with van der Waals surface area (Å²) in [5.74, 6) is -1.58. The number of ketones is 1. The van der Waals surface area contributed by atoms with Gasteiger partial charge in [0.15, 0.2) is 0 Å². The average Bonchev–Trinajstić information content (AvgIpc) is 3.25. The molecule has 1 fully saturated rings. The maximum absolute atomic E-state index is 13.5. The Kier molecular flexibility index (Phi) is 11.7. The number of esters is 1. The molecular formula is C27H40N4O6. The fourth-order valence-corrected chi connectivity index (χ4v) is 4.32. The molecule has 0 saturated carbocycles. The first-order chi connectivity index (χ1) is 17.6. The Morgan fingerprint density at radius 2 is 1.84 bits per heavy atom. The predicted octanol–water partition coefficient (Wildman–Crippen LogP) is 1.60. The smallest absolute Gasteiger partial charge is 0.313 e. The van der Waals surface area contributed by atoms with Crippen LogP contribution >= 0.6 is 0 Å². The molecule has 3 amide bonds. The van der Waals surface area contributed by atoms with Crippen molar-refractivity contribution in [3.05, 3.63) is 35.4 Å². The minimum Gasteiger partial charge on any atom is -0.460 e. The van der Waals surface area contributed by atoms with E-state index in [0.717, 1.165) is 11.1 Å². The highest BCUT2D eigenvalue weighted by molar-refractivity contribution is 5.94. The number of nitrogens with zero attached hydrogens (tertiary/aromatic N) is 1. The fraction of sp³-hybridized carbons (Fsp3) is 0.593. The molecular weight excluding hydrogens is 476 g/mol. The number of carbonyl (C=O) groups excluding carboxylic acids is 5. The first-order valence-electron chi connectivity index (χ1n) is 12.9. The van der Waals surface area contributed by atoms with Crippen LogP contribution in [-0.4, -0.2) is 65.6 Å². The molecule has 1 saturated heterocycles. The third-order valence-corrected chi connectivity index (χ3v) is 6.50. The molecule has 2 rings (SSSR count). The molecule has 0 bridgehead atoms. The summed E-state index contributed by atoms with van der Waals surface area (Å²) in [6.07, 6.45) is 2.18. The number of rotatable bonds is 13. The van der Waals surface area contributed by atoms with Crippen molar-refractivity contribution in [3.63, 3.8) is 0 Å². The van der Waals surface area contributed by atoms with Gasteiger partial charge in [-0.15, -0.1) is 0 Å². The van der Waals surface area contributed by atoms with E-state index in [1.807, 2.05) is 26.0 Å². The van der Waals surface area contributed by atoms with Crippen molar-refractivity contribution in [1.82, 2.24) is 20.9 Å². The number of amides is 3. The molecule has 1 aromatic carbocycles. The van der Waals surface area contributed by atoms with Crippen LogP contribution in [0.4, 0.5) is 0 Å². The van der Waals surface area contributed by atoms with E-state index in [1.54, 1.807) is 31.0 Å². The lowest BCUT2D eigenvalue weighted by atomic mass is 10.1.